The molecular formula is C11H15BrClN. The summed E-state index contributed by atoms with van der Waals surface area (Å²) in [5.41, 5.74) is 7.66. The van der Waals surface area contributed by atoms with Gasteiger partial charge < -0.3 is 5.73 Å². The minimum absolute atomic E-state index is 0. The van der Waals surface area contributed by atoms with Crippen molar-refractivity contribution in [2.75, 3.05) is 0 Å². The van der Waals surface area contributed by atoms with Crippen LogP contribution in [0.3, 0.4) is 0 Å². The van der Waals surface area contributed by atoms with Gasteiger partial charge in [0.15, 0.2) is 0 Å². The first-order valence-electron chi connectivity index (χ1n) is 4.70. The van der Waals surface area contributed by atoms with Gasteiger partial charge in [0, 0.05) is 15.9 Å². The molecule has 1 aliphatic carbocycles. The van der Waals surface area contributed by atoms with Crippen molar-refractivity contribution in [3.8, 4) is 0 Å². The molecule has 2 atom stereocenters. The van der Waals surface area contributed by atoms with Crippen molar-refractivity contribution in [1.29, 1.82) is 0 Å². The quantitative estimate of drug-likeness (QED) is 0.882. The van der Waals surface area contributed by atoms with Crippen molar-refractivity contribution >= 4 is 28.3 Å². The van der Waals surface area contributed by atoms with Gasteiger partial charge in [-0.05, 0) is 30.5 Å². The number of halogens is 2. The van der Waals surface area contributed by atoms with Crippen molar-refractivity contribution in [1.82, 2.24) is 0 Å². The third-order valence-corrected chi connectivity index (χ3v) is 3.71. The van der Waals surface area contributed by atoms with Gasteiger partial charge in [0.2, 0.25) is 0 Å². The van der Waals surface area contributed by atoms with Crippen LogP contribution in [0.4, 0.5) is 0 Å². The molecule has 1 aromatic carbocycles. The molecular weight excluding hydrogens is 261 g/mol. The summed E-state index contributed by atoms with van der Waals surface area (Å²) in [6.07, 6.45) is 2.29. The zero-order valence-corrected chi connectivity index (χ0v) is 10.6. The molecule has 0 bridgehead atoms. The van der Waals surface area contributed by atoms with Gasteiger partial charge in [-0.3, -0.25) is 0 Å². The van der Waals surface area contributed by atoms with E-state index in [0.29, 0.717) is 11.5 Å². The fourth-order valence-electron chi connectivity index (χ4n) is 2.06. The molecule has 0 radical (unpaired) electrons. The smallest absolute Gasteiger partial charge is 0.0175 e. The molecule has 78 valence electrons. The van der Waals surface area contributed by atoms with Gasteiger partial charge in [-0.1, -0.05) is 35.0 Å². The average Bonchev–Trinajstić information content (AvgIpc) is 2.79. The number of hydrogen-bond acceptors (Lipinski definition) is 1. The Hall–Kier alpha value is -0.0500. The molecule has 2 rings (SSSR count). The predicted octanol–water partition coefficient (Wildman–Crippen LogP) is 3.25. The van der Waals surface area contributed by atoms with Crippen molar-refractivity contribution in [3.63, 3.8) is 0 Å². The first kappa shape index (κ1) is 12.0. The van der Waals surface area contributed by atoms with Gasteiger partial charge in [-0.2, -0.15) is 0 Å². The Bertz CT molecular complexity index is 308. The molecule has 14 heavy (non-hydrogen) atoms. The zero-order valence-electron chi connectivity index (χ0n) is 8.16. The third kappa shape index (κ3) is 1.83. The summed E-state index contributed by atoms with van der Waals surface area (Å²) in [5.74, 6) is 0. The van der Waals surface area contributed by atoms with Crippen molar-refractivity contribution < 1.29 is 0 Å². The molecule has 1 saturated carbocycles. The summed E-state index contributed by atoms with van der Waals surface area (Å²) in [6.45, 7) is 2.22. The maximum atomic E-state index is 5.97. The topological polar surface area (TPSA) is 26.0 Å². The standard InChI is InChI=1S/C11H14BrN.ClH/c1-2-11(7-10(11)13)8-3-5-9(12)6-4-8;/h3-6,10H,2,7,13H2,1H3;1H. The van der Waals surface area contributed by atoms with Gasteiger partial charge >= 0.3 is 0 Å². The van der Waals surface area contributed by atoms with E-state index < -0.39 is 0 Å². The van der Waals surface area contributed by atoms with E-state index >= 15 is 0 Å². The lowest BCUT2D eigenvalue weighted by Gasteiger charge is -2.13. The second kappa shape index (κ2) is 4.21. The van der Waals surface area contributed by atoms with Crippen LogP contribution in [0.2, 0.25) is 0 Å². The molecule has 1 fully saturated rings. The van der Waals surface area contributed by atoms with E-state index in [0.717, 1.165) is 17.3 Å². The Morgan fingerprint density at radius 1 is 1.43 bits per heavy atom. The molecule has 2 N–H and O–H groups in total. The van der Waals surface area contributed by atoms with Crippen LogP contribution in [0.25, 0.3) is 0 Å². The summed E-state index contributed by atoms with van der Waals surface area (Å²) >= 11 is 3.44. The molecule has 0 aromatic heterocycles. The highest BCUT2D eigenvalue weighted by atomic mass is 79.9. The Kier molecular flexibility index (Phi) is 3.62. The fraction of sp³-hybridized carbons (Fsp3) is 0.455. The van der Waals surface area contributed by atoms with Crippen LogP contribution in [-0.2, 0) is 5.41 Å². The van der Waals surface area contributed by atoms with E-state index in [2.05, 4.69) is 47.1 Å². The van der Waals surface area contributed by atoms with Gasteiger partial charge in [0.05, 0.1) is 0 Å². The highest BCUT2D eigenvalue weighted by Crippen LogP contribution is 2.49. The third-order valence-electron chi connectivity index (χ3n) is 3.18. The number of benzene rings is 1. The van der Waals surface area contributed by atoms with Crippen LogP contribution in [0.1, 0.15) is 25.3 Å². The lowest BCUT2D eigenvalue weighted by molar-refractivity contribution is 0.634. The van der Waals surface area contributed by atoms with Gasteiger partial charge in [-0.15, -0.1) is 12.4 Å². The molecule has 3 heteroatoms. The summed E-state index contributed by atoms with van der Waals surface area (Å²) in [4.78, 5) is 0. The van der Waals surface area contributed by atoms with E-state index in [1.54, 1.807) is 0 Å². The van der Waals surface area contributed by atoms with Crippen LogP contribution in [0.5, 0.6) is 0 Å². The molecule has 0 saturated heterocycles. The van der Waals surface area contributed by atoms with E-state index in [9.17, 15) is 0 Å². The molecule has 2 unspecified atom stereocenters. The molecule has 0 aliphatic heterocycles. The Balaban J connectivity index is 0.000000980. The van der Waals surface area contributed by atoms with E-state index in [4.69, 9.17) is 5.73 Å². The summed E-state index contributed by atoms with van der Waals surface area (Å²) in [6, 6.07) is 8.93. The molecule has 1 aromatic rings. The summed E-state index contributed by atoms with van der Waals surface area (Å²) < 4.78 is 1.14. The summed E-state index contributed by atoms with van der Waals surface area (Å²) in [7, 11) is 0. The van der Waals surface area contributed by atoms with Crippen LogP contribution in [0.15, 0.2) is 28.7 Å². The highest BCUT2D eigenvalue weighted by Gasteiger charge is 2.51. The average molecular weight is 277 g/mol. The van der Waals surface area contributed by atoms with Crippen LogP contribution >= 0.6 is 28.3 Å². The van der Waals surface area contributed by atoms with Gasteiger partial charge in [0.1, 0.15) is 0 Å². The first-order chi connectivity index (χ1) is 6.19. The van der Waals surface area contributed by atoms with Crippen molar-refractivity contribution in [3.05, 3.63) is 34.3 Å². The van der Waals surface area contributed by atoms with E-state index in [1.165, 1.54) is 5.56 Å². The minimum Gasteiger partial charge on any atom is -0.327 e. The second-order valence-corrected chi connectivity index (χ2v) is 4.74. The largest absolute Gasteiger partial charge is 0.327 e. The zero-order chi connectivity index (χ0) is 9.47. The molecule has 1 nitrogen and oxygen atoms in total. The van der Waals surface area contributed by atoms with E-state index in [1.807, 2.05) is 0 Å². The van der Waals surface area contributed by atoms with Crippen LogP contribution < -0.4 is 5.73 Å². The number of rotatable bonds is 2. The Morgan fingerprint density at radius 3 is 2.29 bits per heavy atom. The first-order valence-corrected chi connectivity index (χ1v) is 5.50. The maximum absolute atomic E-state index is 5.97. The SMILES string of the molecule is CCC1(c2ccc(Br)cc2)CC1N.Cl. The maximum Gasteiger partial charge on any atom is 0.0175 e. The van der Waals surface area contributed by atoms with Crippen LogP contribution in [-0.4, -0.2) is 6.04 Å². The normalized spacial score (nSPS) is 29.5. The highest BCUT2D eigenvalue weighted by molar-refractivity contribution is 9.10. The van der Waals surface area contributed by atoms with Gasteiger partial charge in [-0.25, -0.2) is 0 Å². The number of nitrogens with two attached hydrogens (primary N) is 1. The number of hydrogen-bond donors (Lipinski definition) is 1. The second-order valence-electron chi connectivity index (χ2n) is 3.83. The lowest BCUT2D eigenvalue weighted by atomic mass is 9.92. The van der Waals surface area contributed by atoms with Crippen LogP contribution in [0, 0.1) is 0 Å². The monoisotopic (exact) mass is 275 g/mol. The Labute approximate surface area is 99.6 Å². The molecule has 0 amide bonds. The lowest BCUT2D eigenvalue weighted by Crippen LogP contribution is -2.17. The van der Waals surface area contributed by atoms with Gasteiger partial charge in [0.25, 0.3) is 0 Å². The fourth-order valence-corrected chi connectivity index (χ4v) is 2.32. The summed E-state index contributed by atoms with van der Waals surface area (Å²) in [5, 5.41) is 0. The Morgan fingerprint density at radius 2 is 1.93 bits per heavy atom. The minimum atomic E-state index is 0. The molecule has 1 aliphatic rings. The van der Waals surface area contributed by atoms with E-state index in [-0.39, 0.29) is 12.4 Å². The van der Waals surface area contributed by atoms with Crippen molar-refractivity contribution in [2.24, 2.45) is 5.73 Å². The van der Waals surface area contributed by atoms with Crippen molar-refractivity contribution in [2.45, 2.75) is 31.2 Å². The molecule has 0 spiro atoms. The predicted molar refractivity (Wildman–Crippen MR) is 66.0 cm³/mol. The molecule has 0 heterocycles.